The number of aryl methyl sites for hydroxylation is 1. The van der Waals surface area contributed by atoms with Crippen molar-refractivity contribution >= 4 is 58.0 Å². The molecule has 4 rings (SSSR count). The molecule has 1 amide bonds. The van der Waals surface area contributed by atoms with Crippen LogP contribution in [0.1, 0.15) is 21.5 Å². The number of amides is 1. The van der Waals surface area contributed by atoms with Crippen LogP contribution in [0.5, 0.6) is 0 Å². The number of nitrogens with zero attached hydrogens (tertiary/aromatic N) is 2. The summed E-state index contributed by atoms with van der Waals surface area (Å²) < 4.78 is 39.4. The number of anilines is 3. The van der Waals surface area contributed by atoms with Crippen LogP contribution >= 0.6 is 34.8 Å². The Kier molecular flexibility index (Phi) is 7.40. The van der Waals surface area contributed by atoms with Crippen molar-refractivity contribution in [1.82, 2.24) is 9.97 Å². The van der Waals surface area contributed by atoms with E-state index in [1.54, 1.807) is 48.7 Å². The Balaban J connectivity index is 1.57. The van der Waals surface area contributed by atoms with E-state index in [1.165, 1.54) is 6.07 Å². The first-order chi connectivity index (χ1) is 17.0. The molecule has 4 aromatic rings. The van der Waals surface area contributed by atoms with Crippen molar-refractivity contribution in [2.75, 3.05) is 10.6 Å². The average molecular weight is 552 g/mol. The van der Waals surface area contributed by atoms with Crippen LogP contribution in [0.25, 0.3) is 11.3 Å². The van der Waals surface area contributed by atoms with Crippen molar-refractivity contribution in [3.63, 3.8) is 0 Å². The summed E-state index contributed by atoms with van der Waals surface area (Å²) in [4.78, 5) is 21.5. The van der Waals surface area contributed by atoms with Gasteiger partial charge >= 0.3 is 6.18 Å². The zero-order valence-corrected chi connectivity index (χ0v) is 20.7. The molecule has 0 spiro atoms. The van der Waals surface area contributed by atoms with Gasteiger partial charge in [0.15, 0.2) is 0 Å². The number of rotatable bonds is 5. The lowest BCUT2D eigenvalue weighted by Gasteiger charge is -2.13. The van der Waals surface area contributed by atoms with E-state index < -0.39 is 22.7 Å². The van der Waals surface area contributed by atoms with E-state index in [2.05, 4.69) is 20.6 Å². The molecular formula is C25H16Cl3F3N4O. The third-order valence-electron chi connectivity index (χ3n) is 5.09. The minimum atomic E-state index is -4.65. The molecule has 0 aliphatic carbocycles. The van der Waals surface area contributed by atoms with Crippen LogP contribution in [0.2, 0.25) is 15.1 Å². The SMILES string of the molecule is Cc1ccc(C(=O)Nc2ccc(Cl)c(C(F)(F)F)c2)cc1Nc1nccc(-c2cc(Cl)cc(Cl)c2)n1. The summed E-state index contributed by atoms with van der Waals surface area (Å²) >= 11 is 17.8. The maximum absolute atomic E-state index is 13.1. The van der Waals surface area contributed by atoms with Crippen LogP contribution in [0.15, 0.2) is 66.9 Å². The van der Waals surface area contributed by atoms with Crippen molar-refractivity contribution in [2.24, 2.45) is 0 Å². The Morgan fingerprint density at radius 1 is 0.917 bits per heavy atom. The van der Waals surface area contributed by atoms with Crippen molar-refractivity contribution in [3.05, 3.63) is 98.6 Å². The van der Waals surface area contributed by atoms with Gasteiger partial charge in [0, 0.05) is 38.7 Å². The molecule has 184 valence electrons. The minimum absolute atomic E-state index is 0.0389. The highest BCUT2D eigenvalue weighted by atomic mass is 35.5. The second-order valence-corrected chi connectivity index (χ2v) is 9.00. The molecule has 1 heterocycles. The Morgan fingerprint density at radius 2 is 1.64 bits per heavy atom. The van der Waals surface area contributed by atoms with E-state index in [0.717, 1.165) is 17.7 Å². The molecule has 1 aromatic heterocycles. The van der Waals surface area contributed by atoms with Crippen LogP contribution in [0.4, 0.5) is 30.5 Å². The number of carbonyl (C=O) groups excluding carboxylic acids is 1. The van der Waals surface area contributed by atoms with Gasteiger partial charge in [-0.15, -0.1) is 0 Å². The smallest absolute Gasteiger partial charge is 0.324 e. The number of benzene rings is 3. The Morgan fingerprint density at radius 3 is 2.33 bits per heavy atom. The normalized spacial score (nSPS) is 11.3. The number of hydrogen-bond acceptors (Lipinski definition) is 4. The summed E-state index contributed by atoms with van der Waals surface area (Å²) in [5.41, 5.74) is 1.74. The predicted octanol–water partition coefficient (Wildman–Crippen LogP) is 8.43. The Labute approximate surface area is 219 Å². The number of hydrogen-bond donors (Lipinski definition) is 2. The van der Waals surface area contributed by atoms with Gasteiger partial charge in [-0.25, -0.2) is 9.97 Å². The van der Waals surface area contributed by atoms with Gasteiger partial charge in [0.05, 0.1) is 16.3 Å². The van der Waals surface area contributed by atoms with Gasteiger partial charge in [0.2, 0.25) is 5.95 Å². The lowest BCUT2D eigenvalue weighted by atomic mass is 10.1. The van der Waals surface area contributed by atoms with Gasteiger partial charge < -0.3 is 10.6 Å². The van der Waals surface area contributed by atoms with Crippen molar-refractivity contribution in [1.29, 1.82) is 0 Å². The number of alkyl halides is 3. The number of carbonyl (C=O) groups is 1. The molecule has 0 fully saturated rings. The monoisotopic (exact) mass is 550 g/mol. The summed E-state index contributed by atoms with van der Waals surface area (Å²) in [7, 11) is 0. The number of aromatic nitrogens is 2. The van der Waals surface area contributed by atoms with Crippen LogP contribution < -0.4 is 10.6 Å². The first-order valence-corrected chi connectivity index (χ1v) is 11.5. The highest BCUT2D eigenvalue weighted by Gasteiger charge is 2.33. The third-order valence-corrected chi connectivity index (χ3v) is 5.86. The van der Waals surface area contributed by atoms with E-state index in [9.17, 15) is 18.0 Å². The topological polar surface area (TPSA) is 66.9 Å². The van der Waals surface area contributed by atoms with Gasteiger partial charge in [-0.05, 0) is 67.1 Å². The van der Waals surface area contributed by atoms with Crippen LogP contribution in [-0.4, -0.2) is 15.9 Å². The fraction of sp³-hybridized carbons (Fsp3) is 0.0800. The van der Waals surface area contributed by atoms with Gasteiger partial charge in [0.25, 0.3) is 5.91 Å². The average Bonchev–Trinajstić information content (AvgIpc) is 2.80. The molecule has 0 saturated heterocycles. The molecule has 0 saturated carbocycles. The predicted molar refractivity (Wildman–Crippen MR) is 136 cm³/mol. The van der Waals surface area contributed by atoms with Crippen molar-refractivity contribution in [2.45, 2.75) is 13.1 Å². The summed E-state index contributed by atoms with van der Waals surface area (Å²) in [5, 5.41) is 6.01. The van der Waals surface area contributed by atoms with E-state index in [0.29, 0.717) is 27.0 Å². The second-order valence-electron chi connectivity index (χ2n) is 7.72. The molecule has 2 N–H and O–H groups in total. The highest BCUT2D eigenvalue weighted by Crippen LogP contribution is 2.36. The first kappa shape index (κ1) is 25.8. The summed E-state index contributed by atoms with van der Waals surface area (Å²) in [5.74, 6) is -0.339. The van der Waals surface area contributed by atoms with Crippen molar-refractivity contribution in [3.8, 4) is 11.3 Å². The van der Waals surface area contributed by atoms with Crippen LogP contribution in [0, 0.1) is 6.92 Å². The van der Waals surface area contributed by atoms with Gasteiger partial charge in [0.1, 0.15) is 0 Å². The molecule has 3 aromatic carbocycles. The zero-order valence-electron chi connectivity index (χ0n) is 18.4. The molecule has 0 atom stereocenters. The standard InChI is InChI=1S/C25H16Cl3F3N4O/c1-13-2-3-14(23(36)33-18-4-5-20(28)19(12-18)25(29,30)31)10-22(13)35-24-32-7-6-21(34-24)15-8-16(26)11-17(27)9-15/h2-12H,1H3,(H,33,36)(H,32,34,35). The van der Waals surface area contributed by atoms with E-state index >= 15 is 0 Å². The summed E-state index contributed by atoms with van der Waals surface area (Å²) in [6, 6.07) is 14.7. The van der Waals surface area contributed by atoms with E-state index in [4.69, 9.17) is 34.8 Å². The molecule has 0 unspecified atom stereocenters. The molecule has 36 heavy (non-hydrogen) atoms. The molecule has 11 heteroatoms. The largest absolute Gasteiger partial charge is 0.417 e. The van der Waals surface area contributed by atoms with Gasteiger partial charge in [-0.1, -0.05) is 40.9 Å². The summed E-state index contributed by atoms with van der Waals surface area (Å²) in [6.07, 6.45) is -3.09. The molecule has 5 nitrogen and oxygen atoms in total. The molecular weight excluding hydrogens is 536 g/mol. The lowest BCUT2D eigenvalue weighted by molar-refractivity contribution is -0.137. The Hall–Kier alpha value is -3.33. The fourth-order valence-electron chi connectivity index (χ4n) is 3.32. The van der Waals surface area contributed by atoms with Crippen LogP contribution in [0.3, 0.4) is 0 Å². The number of nitrogens with one attached hydrogen (secondary N) is 2. The van der Waals surface area contributed by atoms with Gasteiger partial charge in [-0.2, -0.15) is 13.2 Å². The minimum Gasteiger partial charge on any atom is -0.324 e. The zero-order chi connectivity index (χ0) is 26.0. The number of halogens is 6. The maximum Gasteiger partial charge on any atom is 0.417 e. The van der Waals surface area contributed by atoms with E-state index in [-0.39, 0.29) is 17.2 Å². The second kappa shape index (κ2) is 10.3. The van der Waals surface area contributed by atoms with Crippen molar-refractivity contribution < 1.29 is 18.0 Å². The first-order valence-electron chi connectivity index (χ1n) is 10.3. The lowest BCUT2D eigenvalue weighted by Crippen LogP contribution is -2.14. The van der Waals surface area contributed by atoms with Gasteiger partial charge in [-0.3, -0.25) is 4.79 Å². The Bertz CT molecular complexity index is 1440. The molecule has 0 bridgehead atoms. The maximum atomic E-state index is 13.1. The fourth-order valence-corrected chi connectivity index (χ4v) is 4.07. The van der Waals surface area contributed by atoms with E-state index in [1.807, 2.05) is 6.92 Å². The molecule has 0 radical (unpaired) electrons. The quantitative estimate of drug-likeness (QED) is 0.261. The molecule has 0 aliphatic rings. The summed E-state index contributed by atoms with van der Waals surface area (Å²) in [6.45, 7) is 1.82. The highest BCUT2D eigenvalue weighted by molar-refractivity contribution is 6.35. The van der Waals surface area contributed by atoms with Crippen LogP contribution in [-0.2, 0) is 6.18 Å². The third kappa shape index (κ3) is 6.07. The molecule has 0 aliphatic heterocycles.